The smallest absolute Gasteiger partial charge is 0.106 e. The van der Waals surface area contributed by atoms with Gasteiger partial charge in [-0.3, -0.25) is 0 Å². The van der Waals surface area contributed by atoms with E-state index in [1.165, 1.54) is 0 Å². The molecule has 132 valence electrons. The number of pyridine rings is 2. The van der Waals surface area contributed by atoms with E-state index in [9.17, 15) is 0 Å². The molecule has 0 N–H and O–H groups in total. The Morgan fingerprint density at radius 1 is 0.769 bits per heavy atom. The molecule has 0 aliphatic heterocycles. The van der Waals surface area contributed by atoms with Gasteiger partial charge < -0.3 is 0 Å². The third-order valence-corrected chi connectivity index (χ3v) is 3.99. The van der Waals surface area contributed by atoms with Crippen molar-refractivity contribution in [3.63, 3.8) is 0 Å². The van der Waals surface area contributed by atoms with Crippen LogP contribution < -0.4 is 0 Å². The summed E-state index contributed by atoms with van der Waals surface area (Å²) in [7, 11) is 0. The predicted octanol–water partition coefficient (Wildman–Crippen LogP) is 2.97. The fourth-order valence-electron chi connectivity index (χ4n) is 2.03. The van der Waals surface area contributed by atoms with Crippen molar-refractivity contribution < 1.29 is 0 Å². The van der Waals surface area contributed by atoms with Crippen molar-refractivity contribution in [2.24, 2.45) is 0 Å². The molecule has 10 heteroatoms. The van der Waals surface area contributed by atoms with Crippen LogP contribution in [0.25, 0.3) is 0 Å². The van der Waals surface area contributed by atoms with Crippen molar-refractivity contribution in [2.45, 2.75) is 13.1 Å². The summed E-state index contributed by atoms with van der Waals surface area (Å²) >= 11 is 6.61. The highest BCUT2D eigenvalue weighted by Crippen LogP contribution is 2.07. The van der Waals surface area contributed by atoms with Crippen molar-refractivity contribution in [3.8, 4) is 0 Å². The van der Waals surface area contributed by atoms with Crippen molar-refractivity contribution in [2.75, 3.05) is 0 Å². The lowest BCUT2D eigenvalue weighted by molar-refractivity contribution is 0.581. The maximum absolute atomic E-state index is 4.28. The highest BCUT2D eigenvalue weighted by Gasteiger charge is 1.98. The molecule has 4 heterocycles. The van der Waals surface area contributed by atoms with Gasteiger partial charge in [0.1, 0.15) is 15.8 Å². The normalized spacial score (nSPS) is 10.2. The van der Waals surface area contributed by atoms with Gasteiger partial charge in [0.05, 0.1) is 36.5 Å². The van der Waals surface area contributed by atoms with Gasteiger partial charge in [-0.15, -0.1) is 5.10 Å². The maximum Gasteiger partial charge on any atom is 0.106 e. The molecule has 0 amide bonds. The summed E-state index contributed by atoms with van der Waals surface area (Å²) in [6.45, 7) is 1.26. The largest absolute Gasteiger partial charge is 0.247 e. The number of nitrogens with zero attached hydrogens (tertiary/aromatic N) is 8. The van der Waals surface area contributed by atoms with Gasteiger partial charge in [0.2, 0.25) is 0 Å². The Balaban J connectivity index is 0.000000151. The average molecular weight is 478 g/mol. The molecule has 26 heavy (non-hydrogen) atoms. The average Bonchev–Trinajstić information content (AvgIpc) is 3.30. The van der Waals surface area contributed by atoms with E-state index >= 15 is 0 Å². The minimum Gasteiger partial charge on any atom is -0.247 e. The maximum atomic E-state index is 4.28. The molecule has 4 aromatic heterocycles. The Bertz CT molecular complexity index is 847. The molecular weight excluding hydrogens is 464 g/mol. The van der Waals surface area contributed by atoms with E-state index in [1.807, 2.05) is 42.6 Å². The summed E-state index contributed by atoms with van der Waals surface area (Å²) in [5, 5.41) is 15.5. The monoisotopic (exact) mass is 476 g/mol. The second kappa shape index (κ2) is 9.30. The zero-order valence-electron chi connectivity index (χ0n) is 13.5. The van der Waals surface area contributed by atoms with Gasteiger partial charge in [-0.2, -0.15) is 15.0 Å². The van der Waals surface area contributed by atoms with Gasteiger partial charge in [0.25, 0.3) is 0 Å². The first-order chi connectivity index (χ1) is 12.7. The summed E-state index contributed by atoms with van der Waals surface area (Å²) < 4.78 is 3.40. The molecule has 0 saturated heterocycles. The first-order valence-corrected chi connectivity index (χ1v) is 9.19. The summed E-state index contributed by atoms with van der Waals surface area (Å²) in [5.41, 5.74) is 1.89. The van der Waals surface area contributed by atoms with Crippen LogP contribution in [0.3, 0.4) is 0 Å². The van der Waals surface area contributed by atoms with Crippen LogP contribution in [0.2, 0.25) is 0 Å². The van der Waals surface area contributed by atoms with Crippen LogP contribution in [-0.2, 0) is 13.1 Å². The lowest BCUT2D eigenvalue weighted by Crippen LogP contribution is -2.04. The second-order valence-electron chi connectivity index (χ2n) is 5.06. The fourth-order valence-corrected chi connectivity index (χ4v) is 2.79. The number of hydrogen-bond donors (Lipinski definition) is 0. The molecule has 0 aliphatic carbocycles. The van der Waals surface area contributed by atoms with Crippen LogP contribution in [-0.4, -0.2) is 40.0 Å². The molecule has 0 saturated carbocycles. The van der Waals surface area contributed by atoms with Gasteiger partial charge in [-0.1, -0.05) is 17.3 Å². The van der Waals surface area contributed by atoms with E-state index in [-0.39, 0.29) is 0 Å². The Kier molecular flexibility index (Phi) is 6.56. The molecule has 0 bridgehead atoms. The summed E-state index contributed by atoms with van der Waals surface area (Å²) in [5.74, 6) is 0. The Labute approximate surface area is 166 Å². The van der Waals surface area contributed by atoms with E-state index < -0.39 is 0 Å². The van der Waals surface area contributed by atoms with E-state index in [1.54, 1.807) is 28.1 Å². The Hall–Kier alpha value is -2.46. The molecule has 0 radical (unpaired) electrons. The lowest BCUT2D eigenvalue weighted by Gasteiger charge is -1.99. The minimum absolute atomic E-state index is 0.604. The topological polar surface area (TPSA) is 87.2 Å². The zero-order valence-corrected chi connectivity index (χ0v) is 16.7. The quantitative estimate of drug-likeness (QED) is 0.420. The van der Waals surface area contributed by atoms with Crippen molar-refractivity contribution in [1.29, 1.82) is 0 Å². The highest BCUT2D eigenvalue weighted by molar-refractivity contribution is 9.10. The first kappa shape index (κ1) is 18.3. The third kappa shape index (κ3) is 5.81. The SMILES string of the molecule is Brc1cccc(Cn2ccnn2)n1.Brc1cccc(Cn2nccn2)n1. The molecule has 0 unspecified atom stereocenters. The van der Waals surface area contributed by atoms with Crippen molar-refractivity contribution >= 4 is 31.9 Å². The van der Waals surface area contributed by atoms with Gasteiger partial charge in [-0.05, 0) is 56.1 Å². The first-order valence-electron chi connectivity index (χ1n) is 7.60. The third-order valence-electron chi connectivity index (χ3n) is 3.11. The molecule has 0 aromatic carbocycles. The Morgan fingerprint density at radius 3 is 1.92 bits per heavy atom. The van der Waals surface area contributed by atoms with Crippen LogP contribution >= 0.6 is 31.9 Å². The van der Waals surface area contributed by atoms with Crippen LogP contribution in [0.1, 0.15) is 11.4 Å². The van der Waals surface area contributed by atoms with Gasteiger partial charge in [-0.25, -0.2) is 14.6 Å². The molecule has 0 atom stereocenters. The molecule has 4 aromatic rings. The number of rotatable bonds is 4. The Morgan fingerprint density at radius 2 is 1.38 bits per heavy atom. The van der Waals surface area contributed by atoms with Crippen LogP contribution in [0.5, 0.6) is 0 Å². The summed E-state index contributed by atoms with van der Waals surface area (Å²) in [6, 6.07) is 11.6. The molecule has 4 rings (SSSR count). The summed E-state index contributed by atoms with van der Waals surface area (Å²) in [6.07, 6.45) is 6.76. The predicted molar refractivity (Wildman–Crippen MR) is 102 cm³/mol. The van der Waals surface area contributed by atoms with E-state index in [0.717, 1.165) is 20.6 Å². The lowest BCUT2D eigenvalue weighted by atomic mass is 10.3. The van der Waals surface area contributed by atoms with E-state index in [2.05, 4.69) is 62.3 Å². The van der Waals surface area contributed by atoms with Gasteiger partial charge in [0, 0.05) is 6.20 Å². The van der Waals surface area contributed by atoms with Crippen molar-refractivity contribution in [1.82, 2.24) is 40.0 Å². The van der Waals surface area contributed by atoms with Crippen LogP contribution in [0, 0.1) is 0 Å². The molecule has 0 aliphatic rings. The van der Waals surface area contributed by atoms with Crippen LogP contribution in [0.15, 0.2) is 70.4 Å². The fraction of sp³-hybridized carbons (Fsp3) is 0.125. The van der Waals surface area contributed by atoms with Gasteiger partial charge >= 0.3 is 0 Å². The second-order valence-corrected chi connectivity index (χ2v) is 6.69. The van der Waals surface area contributed by atoms with E-state index in [0.29, 0.717) is 13.1 Å². The number of halogens is 2. The standard InChI is InChI=1S/2C8H7BrN4/c9-8-3-1-2-7(11-8)6-13-5-4-10-12-13;9-8-3-1-2-7(12-8)6-13-10-4-5-11-13/h2*1-5H,6H2. The van der Waals surface area contributed by atoms with Crippen LogP contribution in [0.4, 0.5) is 0 Å². The number of hydrogen-bond acceptors (Lipinski definition) is 6. The summed E-state index contributed by atoms with van der Waals surface area (Å²) in [4.78, 5) is 10.1. The van der Waals surface area contributed by atoms with E-state index in [4.69, 9.17) is 0 Å². The highest BCUT2D eigenvalue weighted by atomic mass is 79.9. The molecular formula is C16H14Br2N8. The molecule has 0 fully saturated rings. The zero-order chi connectivity index (χ0) is 18.2. The molecule has 0 spiro atoms. The minimum atomic E-state index is 0.604. The number of aromatic nitrogens is 8. The van der Waals surface area contributed by atoms with Crippen molar-refractivity contribution in [3.05, 3.63) is 81.8 Å². The van der Waals surface area contributed by atoms with Gasteiger partial charge in [0.15, 0.2) is 0 Å². The molecule has 8 nitrogen and oxygen atoms in total.